The molecule has 1 unspecified atom stereocenters. The molecule has 0 radical (unpaired) electrons. The van der Waals surface area contributed by atoms with Crippen LogP contribution in [0.25, 0.3) is 11.3 Å². The Morgan fingerprint density at radius 1 is 1.15 bits per heavy atom. The molecule has 1 aliphatic heterocycles. The zero-order valence-corrected chi connectivity index (χ0v) is 14.8. The molecule has 26 heavy (non-hydrogen) atoms. The van der Waals surface area contributed by atoms with E-state index >= 15 is 0 Å². The minimum Gasteiger partial charge on any atom is -0.322 e. The zero-order chi connectivity index (χ0) is 17.9. The smallest absolute Gasteiger partial charge is 0.321 e. The number of halogens is 1. The van der Waals surface area contributed by atoms with Gasteiger partial charge in [0.1, 0.15) is 5.69 Å². The van der Waals surface area contributed by atoms with Crippen molar-refractivity contribution in [1.82, 2.24) is 19.9 Å². The van der Waals surface area contributed by atoms with Crippen LogP contribution in [0.5, 0.6) is 0 Å². The third-order valence-electron chi connectivity index (χ3n) is 4.48. The number of amides is 2. The Morgan fingerprint density at radius 2 is 2.00 bits per heavy atom. The molecule has 6 nitrogen and oxygen atoms in total. The van der Waals surface area contributed by atoms with Crippen molar-refractivity contribution in [3.8, 4) is 11.3 Å². The Bertz CT molecular complexity index is 911. The van der Waals surface area contributed by atoms with E-state index in [1.165, 1.54) is 0 Å². The Kier molecular flexibility index (Phi) is 4.58. The van der Waals surface area contributed by atoms with E-state index in [-0.39, 0.29) is 12.1 Å². The highest BCUT2D eigenvalue weighted by Crippen LogP contribution is 2.24. The van der Waals surface area contributed by atoms with Crippen LogP contribution in [0.15, 0.2) is 60.8 Å². The second-order valence-electron chi connectivity index (χ2n) is 6.28. The van der Waals surface area contributed by atoms with Gasteiger partial charge >= 0.3 is 6.03 Å². The van der Waals surface area contributed by atoms with Crippen molar-refractivity contribution in [1.29, 1.82) is 0 Å². The molecule has 0 aliphatic carbocycles. The molecule has 132 valence electrons. The second-order valence-corrected chi connectivity index (χ2v) is 6.72. The summed E-state index contributed by atoms with van der Waals surface area (Å²) < 4.78 is 1.86. The van der Waals surface area contributed by atoms with E-state index in [4.69, 9.17) is 11.6 Å². The van der Waals surface area contributed by atoms with Gasteiger partial charge < -0.3 is 10.2 Å². The van der Waals surface area contributed by atoms with Crippen molar-refractivity contribution >= 4 is 23.3 Å². The normalized spacial score (nSPS) is 16.7. The SMILES string of the molecule is O=C(Nc1cccc(Cl)c1)N1CCC(n2cc(-c3ccccc3)nn2)C1. The maximum atomic E-state index is 12.5. The highest BCUT2D eigenvalue weighted by atomic mass is 35.5. The van der Waals surface area contributed by atoms with E-state index in [0.29, 0.717) is 23.8 Å². The molecule has 7 heteroatoms. The summed E-state index contributed by atoms with van der Waals surface area (Å²) in [5, 5.41) is 12.0. The third kappa shape index (κ3) is 3.55. The second kappa shape index (κ2) is 7.17. The number of nitrogens with one attached hydrogen (secondary N) is 1. The van der Waals surface area contributed by atoms with Gasteiger partial charge in [-0.1, -0.05) is 53.2 Å². The summed E-state index contributed by atoms with van der Waals surface area (Å²) in [6.45, 7) is 1.28. The number of carbonyl (C=O) groups excluding carboxylic acids is 1. The maximum Gasteiger partial charge on any atom is 0.321 e. The Hall–Kier alpha value is -2.86. The summed E-state index contributed by atoms with van der Waals surface area (Å²) in [6, 6.07) is 17.1. The fraction of sp³-hybridized carbons (Fsp3) is 0.211. The van der Waals surface area contributed by atoms with Crippen LogP contribution in [-0.2, 0) is 0 Å². The van der Waals surface area contributed by atoms with Crippen molar-refractivity contribution in [2.24, 2.45) is 0 Å². The quantitative estimate of drug-likeness (QED) is 0.758. The van der Waals surface area contributed by atoms with Crippen LogP contribution in [0.2, 0.25) is 5.02 Å². The van der Waals surface area contributed by atoms with E-state index < -0.39 is 0 Å². The Balaban J connectivity index is 1.41. The standard InChI is InChI=1S/C19H18ClN5O/c20-15-7-4-8-16(11-15)21-19(26)24-10-9-17(12-24)25-13-18(22-23-25)14-5-2-1-3-6-14/h1-8,11,13,17H,9-10,12H2,(H,21,26). The van der Waals surface area contributed by atoms with Crippen LogP contribution in [-0.4, -0.2) is 39.0 Å². The number of rotatable bonds is 3. The largest absolute Gasteiger partial charge is 0.322 e. The number of nitrogens with zero attached hydrogens (tertiary/aromatic N) is 4. The molecule has 3 aromatic rings. The van der Waals surface area contributed by atoms with Gasteiger partial charge in [-0.05, 0) is 24.6 Å². The van der Waals surface area contributed by atoms with Crippen molar-refractivity contribution in [2.75, 3.05) is 18.4 Å². The predicted molar refractivity (Wildman–Crippen MR) is 101 cm³/mol. The molecule has 2 amide bonds. The number of hydrogen-bond donors (Lipinski definition) is 1. The van der Waals surface area contributed by atoms with Crippen molar-refractivity contribution in [2.45, 2.75) is 12.5 Å². The minimum atomic E-state index is -0.127. The molecule has 4 rings (SSSR count). The van der Waals surface area contributed by atoms with Crippen LogP contribution >= 0.6 is 11.6 Å². The monoisotopic (exact) mass is 367 g/mol. The lowest BCUT2D eigenvalue weighted by atomic mass is 10.2. The maximum absolute atomic E-state index is 12.5. The molecule has 0 bridgehead atoms. The lowest BCUT2D eigenvalue weighted by Gasteiger charge is -2.17. The first kappa shape index (κ1) is 16.6. The summed E-state index contributed by atoms with van der Waals surface area (Å²) in [5.74, 6) is 0. The van der Waals surface area contributed by atoms with Gasteiger partial charge in [-0.25, -0.2) is 9.48 Å². The lowest BCUT2D eigenvalue weighted by molar-refractivity contribution is 0.220. The van der Waals surface area contributed by atoms with E-state index in [0.717, 1.165) is 17.7 Å². The van der Waals surface area contributed by atoms with E-state index in [1.54, 1.807) is 17.0 Å². The van der Waals surface area contributed by atoms with Crippen molar-refractivity contribution in [3.05, 3.63) is 65.8 Å². The number of anilines is 1. The first-order chi connectivity index (χ1) is 12.7. The van der Waals surface area contributed by atoms with Crippen LogP contribution in [0.1, 0.15) is 12.5 Å². The third-order valence-corrected chi connectivity index (χ3v) is 4.72. The van der Waals surface area contributed by atoms with Gasteiger partial charge in [0.05, 0.1) is 12.2 Å². The van der Waals surface area contributed by atoms with Gasteiger partial charge in [0.2, 0.25) is 0 Å². The van der Waals surface area contributed by atoms with Crippen molar-refractivity contribution < 1.29 is 4.79 Å². The highest BCUT2D eigenvalue weighted by molar-refractivity contribution is 6.30. The lowest BCUT2D eigenvalue weighted by Crippen LogP contribution is -2.33. The summed E-state index contributed by atoms with van der Waals surface area (Å²) in [6.07, 6.45) is 2.79. The first-order valence-electron chi connectivity index (χ1n) is 8.48. The number of likely N-dealkylation sites (tertiary alicyclic amines) is 1. The van der Waals surface area contributed by atoms with Gasteiger partial charge in [-0.2, -0.15) is 0 Å². The highest BCUT2D eigenvalue weighted by Gasteiger charge is 2.28. The van der Waals surface area contributed by atoms with Crippen LogP contribution in [0.3, 0.4) is 0 Å². The molecule has 1 aliphatic rings. The molecular formula is C19H18ClN5O. The van der Waals surface area contributed by atoms with E-state index in [2.05, 4.69) is 15.6 Å². The molecule has 1 aromatic heterocycles. The number of aromatic nitrogens is 3. The number of benzene rings is 2. The average molecular weight is 368 g/mol. The summed E-state index contributed by atoms with van der Waals surface area (Å²) >= 11 is 5.96. The molecule has 2 aromatic carbocycles. The van der Waals surface area contributed by atoms with Gasteiger partial charge in [0, 0.05) is 29.4 Å². The number of carbonyl (C=O) groups is 1. The predicted octanol–water partition coefficient (Wildman–Crippen LogP) is 4.08. The molecule has 1 fully saturated rings. The van der Waals surface area contributed by atoms with Gasteiger partial charge in [-0.3, -0.25) is 0 Å². The van der Waals surface area contributed by atoms with Gasteiger partial charge in [0.15, 0.2) is 0 Å². The van der Waals surface area contributed by atoms with E-state index in [9.17, 15) is 4.79 Å². The van der Waals surface area contributed by atoms with Gasteiger partial charge in [-0.15, -0.1) is 5.10 Å². The number of hydrogen-bond acceptors (Lipinski definition) is 3. The molecule has 1 saturated heterocycles. The molecule has 0 spiro atoms. The minimum absolute atomic E-state index is 0.127. The number of urea groups is 1. The zero-order valence-electron chi connectivity index (χ0n) is 14.0. The van der Waals surface area contributed by atoms with Crippen LogP contribution < -0.4 is 5.32 Å². The topological polar surface area (TPSA) is 63.1 Å². The van der Waals surface area contributed by atoms with Crippen LogP contribution in [0, 0.1) is 0 Å². The van der Waals surface area contributed by atoms with Crippen LogP contribution in [0.4, 0.5) is 10.5 Å². The average Bonchev–Trinajstić information content (AvgIpc) is 3.32. The van der Waals surface area contributed by atoms with Crippen molar-refractivity contribution in [3.63, 3.8) is 0 Å². The summed E-state index contributed by atoms with van der Waals surface area (Å²) in [5.41, 5.74) is 2.57. The molecule has 1 N–H and O–H groups in total. The Labute approximate surface area is 156 Å². The fourth-order valence-corrected chi connectivity index (χ4v) is 3.30. The molecule has 1 atom stereocenters. The van der Waals surface area contributed by atoms with Gasteiger partial charge in [0.25, 0.3) is 0 Å². The summed E-state index contributed by atoms with van der Waals surface area (Å²) in [4.78, 5) is 14.2. The molecule has 0 saturated carbocycles. The molecular weight excluding hydrogens is 350 g/mol. The summed E-state index contributed by atoms with van der Waals surface area (Å²) in [7, 11) is 0. The fourth-order valence-electron chi connectivity index (χ4n) is 3.11. The molecule has 2 heterocycles. The van der Waals surface area contributed by atoms with E-state index in [1.807, 2.05) is 53.3 Å². The Morgan fingerprint density at radius 3 is 2.81 bits per heavy atom. The first-order valence-corrected chi connectivity index (χ1v) is 8.85.